The van der Waals surface area contributed by atoms with Crippen molar-refractivity contribution in [3.05, 3.63) is 57.8 Å². The molecule has 1 aliphatic rings. The summed E-state index contributed by atoms with van der Waals surface area (Å²) >= 11 is 3.36. The first-order chi connectivity index (χ1) is 8.75. The summed E-state index contributed by atoms with van der Waals surface area (Å²) in [7, 11) is 0. The lowest BCUT2D eigenvalue weighted by Gasteiger charge is -2.14. The Bertz CT molecular complexity index is 586. The van der Waals surface area contributed by atoms with E-state index < -0.39 is 6.10 Å². The maximum absolute atomic E-state index is 10.4. The standard InChI is InChI=1S/C14H12BrNO2/c15-11-6-10(7-16-8-11)13(17)12-3-1-2-9-4-5-18-14(9)12/h1-3,6-8,13,17H,4-5H2. The summed E-state index contributed by atoms with van der Waals surface area (Å²) < 4.78 is 6.46. The maximum Gasteiger partial charge on any atom is 0.128 e. The van der Waals surface area contributed by atoms with Crippen molar-refractivity contribution in [1.82, 2.24) is 4.98 Å². The van der Waals surface area contributed by atoms with Gasteiger partial charge in [0.2, 0.25) is 0 Å². The normalized spacial score (nSPS) is 15.0. The molecule has 1 aromatic heterocycles. The number of pyridine rings is 1. The summed E-state index contributed by atoms with van der Waals surface area (Å²) in [5.74, 6) is 0.824. The summed E-state index contributed by atoms with van der Waals surface area (Å²) in [5, 5.41) is 10.4. The summed E-state index contributed by atoms with van der Waals surface area (Å²) in [6.45, 7) is 0.690. The minimum atomic E-state index is -0.706. The number of para-hydroxylation sites is 1. The van der Waals surface area contributed by atoms with Crippen LogP contribution in [0.25, 0.3) is 0 Å². The Labute approximate surface area is 114 Å². The number of hydrogen-bond donors (Lipinski definition) is 1. The van der Waals surface area contributed by atoms with E-state index in [1.165, 1.54) is 0 Å². The third-order valence-electron chi connectivity index (χ3n) is 3.08. The minimum Gasteiger partial charge on any atom is -0.493 e. The fraction of sp³-hybridized carbons (Fsp3) is 0.214. The molecule has 0 saturated carbocycles. The molecule has 1 atom stereocenters. The van der Waals surface area contributed by atoms with E-state index in [2.05, 4.69) is 20.9 Å². The monoisotopic (exact) mass is 305 g/mol. The highest BCUT2D eigenvalue weighted by Gasteiger charge is 2.21. The fourth-order valence-electron chi connectivity index (χ4n) is 2.21. The Hall–Kier alpha value is -1.39. The molecule has 3 nitrogen and oxygen atoms in total. The van der Waals surface area contributed by atoms with Gasteiger partial charge >= 0.3 is 0 Å². The van der Waals surface area contributed by atoms with Crippen molar-refractivity contribution >= 4 is 15.9 Å². The van der Waals surface area contributed by atoms with Crippen molar-refractivity contribution in [2.45, 2.75) is 12.5 Å². The first kappa shape index (κ1) is 11.7. The van der Waals surface area contributed by atoms with Gasteiger partial charge in [-0.3, -0.25) is 4.98 Å². The lowest BCUT2D eigenvalue weighted by molar-refractivity contribution is 0.213. The van der Waals surface area contributed by atoms with E-state index in [0.29, 0.717) is 6.61 Å². The molecule has 4 heteroatoms. The van der Waals surface area contributed by atoms with Crippen LogP contribution in [0.1, 0.15) is 22.8 Å². The second kappa shape index (κ2) is 4.71. The van der Waals surface area contributed by atoms with Gasteiger partial charge < -0.3 is 9.84 Å². The second-order valence-corrected chi connectivity index (χ2v) is 5.19. The van der Waals surface area contributed by atoms with E-state index in [0.717, 1.165) is 33.3 Å². The van der Waals surface area contributed by atoms with Gasteiger partial charge in [0.1, 0.15) is 11.9 Å². The van der Waals surface area contributed by atoms with Crippen LogP contribution in [0.15, 0.2) is 41.1 Å². The Balaban J connectivity index is 2.03. The molecule has 0 spiro atoms. The van der Waals surface area contributed by atoms with Gasteiger partial charge in [0.15, 0.2) is 0 Å². The molecule has 1 unspecified atom stereocenters. The number of nitrogens with zero attached hydrogens (tertiary/aromatic N) is 1. The lowest BCUT2D eigenvalue weighted by Crippen LogP contribution is -2.02. The molecule has 2 aromatic rings. The van der Waals surface area contributed by atoms with Crippen LogP contribution in [-0.2, 0) is 6.42 Å². The third kappa shape index (κ3) is 2.02. The van der Waals surface area contributed by atoms with Crippen LogP contribution in [0.3, 0.4) is 0 Å². The van der Waals surface area contributed by atoms with E-state index in [1.807, 2.05) is 24.3 Å². The number of rotatable bonds is 2. The number of aliphatic hydroxyl groups is 1. The molecule has 0 saturated heterocycles. The Kier molecular flexibility index (Phi) is 3.06. The molecule has 1 aromatic carbocycles. The van der Waals surface area contributed by atoms with Crippen molar-refractivity contribution in [2.24, 2.45) is 0 Å². The molecule has 0 bridgehead atoms. The summed E-state index contributed by atoms with van der Waals surface area (Å²) in [5.41, 5.74) is 2.73. The Morgan fingerprint density at radius 2 is 2.22 bits per heavy atom. The van der Waals surface area contributed by atoms with E-state index in [-0.39, 0.29) is 0 Å². The van der Waals surface area contributed by atoms with Gasteiger partial charge in [0, 0.05) is 34.4 Å². The Morgan fingerprint density at radius 3 is 3.06 bits per heavy atom. The molecule has 0 fully saturated rings. The molecular formula is C14H12BrNO2. The molecule has 0 radical (unpaired) electrons. The zero-order valence-electron chi connectivity index (χ0n) is 9.64. The highest BCUT2D eigenvalue weighted by Crippen LogP contribution is 2.36. The van der Waals surface area contributed by atoms with Crippen LogP contribution in [0.5, 0.6) is 5.75 Å². The van der Waals surface area contributed by atoms with Gasteiger partial charge in [0.05, 0.1) is 6.61 Å². The average molecular weight is 306 g/mol. The predicted octanol–water partition coefficient (Wildman–Crippen LogP) is 2.86. The molecular weight excluding hydrogens is 294 g/mol. The molecule has 1 aliphatic heterocycles. The van der Waals surface area contributed by atoms with Crippen LogP contribution < -0.4 is 4.74 Å². The zero-order chi connectivity index (χ0) is 12.5. The van der Waals surface area contributed by atoms with Crippen molar-refractivity contribution in [3.8, 4) is 5.75 Å². The first-order valence-electron chi connectivity index (χ1n) is 5.79. The van der Waals surface area contributed by atoms with Gasteiger partial charge in [-0.05, 0) is 27.6 Å². The van der Waals surface area contributed by atoms with Crippen LogP contribution in [0.4, 0.5) is 0 Å². The van der Waals surface area contributed by atoms with Gasteiger partial charge in [-0.15, -0.1) is 0 Å². The predicted molar refractivity (Wildman–Crippen MR) is 71.6 cm³/mol. The molecule has 3 rings (SSSR count). The zero-order valence-corrected chi connectivity index (χ0v) is 11.2. The largest absolute Gasteiger partial charge is 0.493 e. The Morgan fingerprint density at radius 1 is 1.33 bits per heavy atom. The molecule has 2 heterocycles. The van der Waals surface area contributed by atoms with E-state index in [4.69, 9.17) is 4.74 Å². The molecule has 1 N–H and O–H groups in total. The van der Waals surface area contributed by atoms with Gasteiger partial charge in [-0.2, -0.15) is 0 Å². The van der Waals surface area contributed by atoms with Gasteiger partial charge in [0.25, 0.3) is 0 Å². The third-order valence-corrected chi connectivity index (χ3v) is 3.51. The number of aliphatic hydroxyl groups excluding tert-OH is 1. The van der Waals surface area contributed by atoms with Crippen molar-refractivity contribution < 1.29 is 9.84 Å². The minimum absolute atomic E-state index is 0.690. The number of aromatic nitrogens is 1. The highest BCUT2D eigenvalue weighted by molar-refractivity contribution is 9.10. The number of hydrogen-bond acceptors (Lipinski definition) is 3. The van der Waals surface area contributed by atoms with Crippen molar-refractivity contribution in [3.63, 3.8) is 0 Å². The smallest absolute Gasteiger partial charge is 0.128 e. The van der Waals surface area contributed by atoms with Crippen LogP contribution in [0.2, 0.25) is 0 Å². The van der Waals surface area contributed by atoms with Crippen molar-refractivity contribution in [2.75, 3.05) is 6.61 Å². The van der Waals surface area contributed by atoms with E-state index in [9.17, 15) is 5.11 Å². The van der Waals surface area contributed by atoms with Gasteiger partial charge in [-0.25, -0.2) is 0 Å². The highest BCUT2D eigenvalue weighted by atomic mass is 79.9. The van der Waals surface area contributed by atoms with Gasteiger partial charge in [-0.1, -0.05) is 18.2 Å². The summed E-state index contributed by atoms with van der Waals surface area (Å²) in [6.07, 6.45) is 3.57. The average Bonchev–Trinajstić information content (AvgIpc) is 2.86. The first-order valence-corrected chi connectivity index (χ1v) is 6.58. The SMILES string of the molecule is OC(c1cncc(Br)c1)c1cccc2c1OCC2. The van der Waals surface area contributed by atoms with E-state index >= 15 is 0 Å². The number of fused-ring (bicyclic) bond motifs is 1. The van der Waals surface area contributed by atoms with Crippen LogP contribution >= 0.6 is 15.9 Å². The second-order valence-electron chi connectivity index (χ2n) is 4.27. The van der Waals surface area contributed by atoms with Crippen LogP contribution in [-0.4, -0.2) is 16.7 Å². The fourth-order valence-corrected chi connectivity index (χ4v) is 2.60. The van der Waals surface area contributed by atoms with E-state index in [1.54, 1.807) is 12.4 Å². The number of ether oxygens (including phenoxy) is 1. The quantitative estimate of drug-likeness (QED) is 0.927. The molecule has 18 heavy (non-hydrogen) atoms. The van der Waals surface area contributed by atoms with Crippen molar-refractivity contribution in [1.29, 1.82) is 0 Å². The number of halogens is 1. The molecule has 0 aliphatic carbocycles. The van der Waals surface area contributed by atoms with Crippen LogP contribution in [0, 0.1) is 0 Å². The lowest BCUT2D eigenvalue weighted by atomic mass is 9.99. The molecule has 0 amide bonds. The number of benzene rings is 1. The molecule has 92 valence electrons. The topological polar surface area (TPSA) is 42.4 Å². The maximum atomic E-state index is 10.4. The summed E-state index contributed by atoms with van der Waals surface area (Å²) in [6, 6.07) is 7.76. The summed E-state index contributed by atoms with van der Waals surface area (Å²) in [4.78, 5) is 4.08.